The molecule has 2 aliphatic rings. The van der Waals surface area contributed by atoms with E-state index in [0.29, 0.717) is 60.7 Å². The molecule has 3 aromatic carbocycles. The molecule has 2 aliphatic heterocycles. The average molecular weight is 738 g/mol. The lowest BCUT2D eigenvalue weighted by atomic mass is 10.00. The van der Waals surface area contributed by atoms with E-state index in [9.17, 15) is 9.59 Å². The molecule has 0 bridgehead atoms. The highest BCUT2D eigenvalue weighted by molar-refractivity contribution is 5.85. The van der Waals surface area contributed by atoms with Crippen LogP contribution in [0.1, 0.15) is 40.7 Å². The summed E-state index contributed by atoms with van der Waals surface area (Å²) in [6, 6.07) is 13.6. The maximum atomic E-state index is 13.2. The third-order valence-corrected chi connectivity index (χ3v) is 9.66. The van der Waals surface area contributed by atoms with Gasteiger partial charge in [-0.1, -0.05) is 37.3 Å². The van der Waals surface area contributed by atoms with Crippen LogP contribution in [0.3, 0.4) is 0 Å². The Balaban J connectivity index is 1.25. The van der Waals surface area contributed by atoms with Crippen molar-refractivity contribution in [3.63, 3.8) is 0 Å². The molecule has 0 spiro atoms. The van der Waals surface area contributed by atoms with E-state index >= 15 is 0 Å². The van der Waals surface area contributed by atoms with Crippen LogP contribution in [0.15, 0.2) is 79.2 Å². The molecule has 0 N–H and O–H groups in total. The van der Waals surface area contributed by atoms with Crippen LogP contribution >= 0.6 is 0 Å². The summed E-state index contributed by atoms with van der Waals surface area (Å²) in [5.74, 6) is 4.01. The van der Waals surface area contributed by atoms with E-state index in [1.165, 1.54) is 0 Å². The van der Waals surface area contributed by atoms with E-state index in [1.807, 2.05) is 73.1 Å². The Morgan fingerprint density at radius 2 is 1.02 bits per heavy atom. The molecule has 5 rings (SSSR count). The van der Waals surface area contributed by atoms with Crippen LogP contribution in [0.25, 0.3) is 12.2 Å². The summed E-state index contributed by atoms with van der Waals surface area (Å²) in [5.41, 5.74) is 4.77. The van der Waals surface area contributed by atoms with Gasteiger partial charge in [0, 0.05) is 45.1 Å². The molecule has 0 aromatic heterocycles. The van der Waals surface area contributed by atoms with Crippen molar-refractivity contribution in [3.05, 3.63) is 107 Å². The summed E-state index contributed by atoms with van der Waals surface area (Å²) in [7, 11) is 9.65. The molecule has 286 valence electrons. The van der Waals surface area contributed by atoms with Crippen LogP contribution in [0.5, 0.6) is 34.5 Å². The highest BCUT2D eigenvalue weighted by Crippen LogP contribution is 2.34. The van der Waals surface area contributed by atoms with Gasteiger partial charge in [-0.15, -0.1) is 0 Å². The summed E-state index contributed by atoms with van der Waals surface area (Å²) in [5, 5.41) is 0. The first kappa shape index (κ1) is 39.5. The van der Waals surface area contributed by atoms with Crippen LogP contribution < -0.4 is 28.4 Å². The number of benzene rings is 3. The summed E-state index contributed by atoms with van der Waals surface area (Å²) >= 11 is 0. The molecule has 2 heterocycles. The Bertz CT molecular complexity index is 1810. The molecule has 0 fully saturated rings. The minimum atomic E-state index is 0.00205. The first-order valence-electron chi connectivity index (χ1n) is 17.9. The fourth-order valence-electron chi connectivity index (χ4n) is 6.55. The van der Waals surface area contributed by atoms with Crippen LogP contribution in [-0.2, 0) is 22.4 Å². The number of nitrogens with zero attached hydrogens (tertiary/aromatic N) is 3. The first-order valence-corrected chi connectivity index (χ1v) is 17.9. The Hall–Kier alpha value is -5.68. The van der Waals surface area contributed by atoms with Gasteiger partial charge in [-0.2, -0.15) is 0 Å². The molecule has 11 nitrogen and oxygen atoms in total. The molecule has 0 saturated heterocycles. The zero-order valence-electron chi connectivity index (χ0n) is 32.3. The van der Waals surface area contributed by atoms with E-state index in [2.05, 4.69) is 30.0 Å². The molecule has 11 heteroatoms. The van der Waals surface area contributed by atoms with E-state index in [-0.39, 0.29) is 30.6 Å². The predicted octanol–water partition coefficient (Wildman–Crippen LogP) is 6.37. The number of hydrogen-bond acceptors (Lipinski definition) is 9. The Morgan fingerprint density at radius 1 is 0.593 bits per heavy atom. The van der Waals surface area contributed by atoms with Gasteiger partial charge in [-0.05, 0) is 82.3 Å². The molecule has 54 heavy (non-hydrogen) atoms. The summed E-state index contributed by atoms with van der Waals surface area (Å²) in [4.78, 5) is 32.2. The predicted molar refractivity (Wildman–Crippen MR) is 211 cm³/mol. The lowest BCUT2D eigenvalue weighted by Gasteiger charge is -2.24. The molecule has 2 amide bonds. The normalized spacial score (nSPS) is 14.6. The lowest BCUT2D eigenvalue weighted by Crippen LogP contribution is -2.30. The number of carbonyl (C=O) groups is 2. The monoisotopic (exact) mass is 737 g/mol. The number of rotatable bonds is 17. The smallest absolute Gasteiger partial charge is 0.231 e. The highest BCUT2D eigenvalue weighted by atomic mass is 16.5. The molecule has 0 aliphatic carbocycles. The van der Waals surface area contributed by atoms with Gasteiger partial charge in [-0.3, -0.25) is 14.5 Å². The topological polar surface area (TPSA) is 99.2 Å². The number of methoxy groups -OCH3 is 6. The van der Waals surface area contributed by atoms with Crippen molar-refractivity contribution in [2.45, 2.75) is 25.7 Å². The van der Waals surface area contributed by atoms with Crippen molar-refractivity contribution in [2.75, 3.05) is 75.4 Å². The van der Waals surface area contributed by atoms with Crippen molar-refractivity contribution < 1.29 is 38.0 Å². The van der Waals surface area contributed by atoms with Gasteiger partial charge >= 0.3 is 0 Å². The van der Waals surface area contributed by atoms with Crippen LogP contribution in [-0.4, -0.2) is 102 Å². The van der Waals surface area contributed by atoms with Gasteiger partial charge in [0.2, 0.25) is 11.8 Å². The third kappa shape index (κ3) is 9.64. The molecule has 1 atom stereocenters. The van der Waals surface area contributed by atoms with E-state index in [4.69, 9.17) is 28.4 Å². The van der Waals surface area contributed by atoms with Crippen molar-refractivity contribution in [3.8, 4) is 34.5 Å². The summed E-state index contributed by atoms with van der Waals surface area (Å²) in [6.07, 6.45) is 16.3. The second kappa shape index (κ2) is 18.9. The van der Waals surface area contributed by atoms with Crippen LogP contribution in [0.2, 0.25) is 0 Å². The molecular weight excluding hydrogens is 686 g/mol. The number of ether oxygens (including phenoxy) is 6. The summed E-state index contributed by atoms with van der Waals surface area (Å²) < 4.78 is 32.8. The van der Waals surface area contributed by atoms with Crippen LogP contribution in [0.4, 0.5) is 0 Å². The standard InChI is InChI=1S/C43H51N3O8/c1-30(31-12-13-36(49-2)37(22-31)50-3)29-44(16-8-10-18-45-20-14-32-23-38(51-4)40(53-6)25-34(32)27-42(45)47)17-9-11-19-46-21-15-33-24-39(52-5)41(54-7)26-35(33)28-43(46)48/h8-15,20-26,30H,16-19,27-29H2,1-7H3/t30-/m0/s1. The Kier molecular flexibility index (Phi) is 13.8. The lowest BCUT2D eigenvalue weighted by molar-refractivity contribution is -0.128. The second-order valence-corrected chi connectivity index (χ2v) is 13.1. The van der Waals surface area contributed by atoms with E-state index in [0.717, 1.165) is 34.4 Å². The fraction of sp³-hybridized carbons (Fsp3) is 0.349. The molecular formula is C43H51N3O8. The SMILES string of the molecule is COc1ccc([C@@H](C)CN(CC=CCN2C=Cc3cc(OC)c(OC)cc3CC2=O)CC=CCN2C=Cc3cc(OC)c(OC)cc3CC2=O)cc1OC. The summed E-state index contributed by atoms with van der Waals surface area (Å²) in [6.45, 7) is 5.14. The maximum absolute atomic E-state index is 13.2. The molecule has 0 saturated carbocycles. The van der Waals surface area contributed by atoms with Gasteiger partial charge in [0.05, 0.1) is 55.5 Å². The number of carbonyl (C=O) groups excluding carboxylic acids is 2. The van der Waals surface area contributed by atoms with Crippen LogP contribution in [0, 0.1) is 0 Å². The Morgan fingerprint density at radius 3 is 1.46 bits per heavy atom. The molecule has 0 unspecified atom stereocenters. The van der Waals surface area contributed by atoms with Gasteiger partial charge in [0.25, 0.3) is 0 Å². The van der Waals surface area contributed by atoms with Gasteiger partial charge in [0.1, 0.15) is 0 Å². The number of fused-ring (bicyclic) bond motifs is 2. The second-order valence-electron chi connectivity index (χ2n) is 13.1. The zero-order chi connectivity index (χ0) is 38.6. The van der Waals surface area contributed by atoms with Gasteiger partial charge in [-0.25, -0.2) is 0 Å². The minimum absolute atomic E-state index is 0.00205. The largest absolute Gasteiger partial charge is 0.493 e. The number of amides is 2. The average Bonchev–Trinajstić information content (AvgIpc) is 3.44. The maximum Gasteiger partial charge on any atom is 0.231 e. The van der Waals surface area contributed by atoms with Crippen molar-refractivity contribution >= 4 is 24.0 Å². The van der Waals surface area contributed by atoms with Gasteiger partial charge < -0.3 is 38.2 Å². The highest BCUT2D eigenvalue weighted by Gasteiger charge is 2.21. The van der Waals surface area contributed by atoms with Crippen molar-refractivity contribution in [1.82, 2.24) is 14.7 Å². The molecule has 0 radical (unpaired) electrons. The van der Waals surface area contributed by atoms with Crippen molar-refractivity contribution in [2.24, 2.45) is 0 Å². The first-order chi connectivity index (χ1) is 26.2. The Labute approximate surface area is 318 Å². The minimum Gasteiger partial charge on any atom is -0.493 e. The molecule has 3 aromatic rings. The third-order valence-electron chi connectivity index (χ3n) is 9.66. The van der Waals surface area contributed by atoms with E-state index in [1.54, 1.807) is 52.5 Å². The zero-order valence-corrected chi connectivity index (χ0v) is 32.3. The van der Waals surface area contributed by atoms with E-state index < -0.39 is 0 Å². The number of hydrogen-bond donors (Lipinski definition) is 0. The van der Waals surface area contributed by atoms with Crippen molar-refractivity contribution in [1.29, 1.82) is 0 Å². The fourth-order valence-corrected chi connectivity index (χ4v) is 6.55. The van der Waals surface area contributed by atoms with Gasteiger partial charge in [0.15, 0.2) is 34.5 Å². The quantitative estimate of drug-likeness (QED) is 0.147.